The van der Waals surface area contributed by atoms with Gasteiger partial charge >= 0.3 is 0 Å². The first-order chi connectivity index (χ1) is 17.7. The third-order valence-electron chi connectivity index (χ3n) is 7.41. The van der Waals surface area contributed by atoms with E-state index in [1.807, 2.05) is 6.08 Å². The molecule has 36 heavy (non-hydrogen) atoms. The van der Waals surface area contributed by atoms with Crippen LogP contribution in [0.2, 0.25) is 0 Å². The number of rotatable bonds is 17. The number of ether oxygens (including phenoxy) is 3. The summed E-state index contributed by atoms with van der Waals surface area (Å²) < 4.78 is 18.1. The first-order valence-corrected chi connectivity index (χ1v) is 14.4. The summed E-state index contributed by atoms with van der Waals surface area (Å²) in [5.74, 6) is 2.32. The molecule has 1 fully saturated rings. The minimum Gasteiger partial charge on any atom is -0.494 e. The van der Waals surface area contributed by atoms with E-state index in [1.165, 1.54) is 68.9 Å². The fourth-order valence-corrected chi connectivity index (χ4v) is 4.72. The zero-order chi connectivity index (χ0) is 25.4. The highest BCUT2D eigenvalue weighted by Gasteiger charge is 2.23. The highest BCUT2D eigenvalue weighted by molar-refractivity contribution is 5.64. The highest BCUT2D eigenvalue weighted by Crippen LogP contribution is 2.30. The van der Waals surface area contributed by atoms with Crippen molar-refractivity contribution < 1.29 is 14.2 Å². The largest absolute Gasteiger partial charge is 0.494 e. The van der Waals surface area contributed by atoms with E-state index in [9.17, 15) is 0 Å². The summed E-state index contributed by atoms with van der Waals surface area (Å²) in [6.45, 7) is 10.8. The molecule has 0 radical (unpaired) electrons. The molecule has 0 aliphatic carbocycles. The fourth-order valence-electron chi connectivity index (χ4n) is 4.72. The molecule has 1 heterocycles. The van der Waals surface area contributed by atoms with Crippen molar-refractivity contribution in [2.45, 2.75) is 90.8 Å². The second-order valence-electron chi connectivity index (χ2n) is 10.5. The van der Waals surface area contributed by atoms with Gasteiger partial charge in [-0.1, -0.05) is 101 Å². The zero-order valence-electron chi connectivity index (χ0n) is 22.8. The molecule has 2 aromatic rings. The molecule has 3 rings (SSSR count). The van der Waals surface area contributed by atoms with Gasteiger partial charge in [-0.3, -0.25) is 0 Å². The first-order valence-electron chi connectivity index (χ1n) is 14.4. The van der Waals surface area contributed by atoms with Crippen molar-refractivity contribution in [3.8, 4) is 16.9 Å². The van der Waals surface area contributed by atoms with Gasteiger partial charge in [0.2, 0.25) is 0 Å². The summed E-state index contributed by atoms with van der Waals surface area (Å²) >= 11 is 0. The SMILES string of the molecule is C=CCCCCCC[C@H]1CO[C@H](c2ccc(-c3ccc(OCCCCC[C@@H](C)CC)cc3)cc2)OC1. The molecule has 198 valence electrons. The third-order valence-corrected chi connectivity index (χ3v) is 7.41. The van der Waals surface area contributed by atoms with Crippen molar-refractivity contribution in [2.24, 2.45) is 11.8 Å². The molecule has 0 unspecified atom stereocenters. The summed E-state index contributed by atoms with van der Waals surface area (Å²) in [4.78, 5) is 0. The number of hydrogen-bond donors (Lipinski definition) is 0. The van der Waals surface area contributed by atoms with Crippen LogP contribution in [0.1, 0.15) is 96.3 Å². The van der Waals surface area contributed by atoms with E-state index in [1.54, 1.807) is 0 Å². The van der Waals surface area contributed by atoms with Crippen molar-refractivity contribution in [3.05, 3.63) is 66.7 Å². The van der Waals surface area contributed by atoms with Gasteiger partial charge in [0.1, 0.15) is 5.75 Å². The van der Waals surface area contributed by atoms with E-state index in [0.717, 1.165) is 49.9 Å². The summed E-state index contributed by atoms with van der Waals surface area (Å²) in [6.07, 6.45) is 15.5. The molecule has 0 amide bonds. The molecular formula is C33H48O3. The van der Waals surface area contributed by atoms with E-state index in [2.05, 4.69) is 69.0 Å². The predicted molar refractivity (Wildman–Crippen MR) is 151 cm³/mol. The Morgan fingerprint density at radius 2 is 1.50 bits per heavy atom. The van der Waals surface area contributed by atoms with Gasteiger partial charge in [-0.05, 0) is 54.9 Å². The standard InChI is InChI=1S/C33H48O3/c1-4-6-7-8-9-12-15-28-25-35-33(36-26-28)31-18-16-29(17-19-31)30-20-22-32(23-21-30)34-24-13-10-11-14-27(3)5-2/h4,16-23,27-28,33H,1,5-15,24-26H2,2-3H3/t27-,28-,33-/m0/s1. The van der Waals surface area contributed by atoms with Crippen molar-refractivity contribution in [1.82, 2.24) is 0 Å². The van der Waals surface area contributed by atoms with Gasteiger partial charge in [-0.2, -0.15) is 0 Å². The van der Waals surface area contributed by atoms with Gasteiger partial charge in [0.05, 0.1) is 19.8 Å². The molecule has 1 saturated heterocycles. The van der Waals surface area contributed by atoms with Gasteiger partial charge in [0, 0.05) is 11.5 Å². The molecule has 0 saturated carbocycles. The van der Waals surface area contributed by atoms with E-state index in [-0.39, 0.29) is 6.29 Å². The minimum absolute atomic E-state index is 0.246. The predicted octanol–water partition coefficient (Wildman–Crippen LogP) is 9.53. The number of benzene rings is 2. The van der Waals surface area contributed by atoms with Crippen LogP contribution >= 0.6 is 0 Å². The molecule has 3 nitrogen and oxygen atoms in total. The van der Waals surface area contributed by atoms with Crippen LogP contribution in [0, 0.1) is 11.8 Å². The smallest absolute Gasteiger partial charge is 0.183 e. The van der Waals surface area contributed by atoms with Crippen LogP contribution in [0.3, 0.4) is 0 Å². The monoisotopic (exact) mass is 492 g/mol. The maximum Gasteiger partial charge on any atom is 0.183 e. The minimum atomic E-state index is -0.246. The topological polar surface area (TPSA) is 27.7 Å². The lowest BCUT2D eigenvalue weighted by molar-refractivity contribution is -0.206. The lowest BCUT2D eigenvalue weighted by Gasteiger charge is -2.29. The maximum absolute atomic E-state index is 6.06. The normalized spacial score (nSPS) is 18.6. The maximum atomic E-state index is 6.06. The van der Waals surface area contributed by atoms with Gasteiger partial charge in [0.15, 0.2) is 6.29 Å². The molecule has 0 aromatic heterocycles. The summed E-state index contributed by atoms with van der Waals surface area (Å²) in [6, 6.07) is 17.0. The van der Waals surface area contributed by atoms with Crippen molar-refractivity contribution >= 4 is 0 Å². The highest BCUT2D eigenvalue weighted by atomic mass is 16.7. The summed E-state index contributed by atoms with van der Waals surface area (Å²) in [7, 11) is 0. The van der Waals surface area contributed by atoms with Crippen LogP contribution in [0.5, 0.6) is 5.75 Å². The van der Waals surface area contributed by atoms with E-state index in [4.69, 9.17) is 14.2 Å². The Morgan fingerprint density at radius 3 is 2.17 bits per heavy atom. The average molecular weight is 493 g/mol. The molecule has 1 atom stereocenters. The Labute approximate surface area is 220 Å². The number of hydrogen-bond acceptors (Lipinski definition) is 3. The van der Waals surface area contributed by atoms with Crippen LogP contribution < -0.4 is 4.74 Å². The lowest BCUT2D eigenvalue weighted by atomic mass is 10.0. The molecule has 0 N–H and O–H groups in total. The first kappa shape index (κ1) is 28.5. The average Bonchev–Trinajstić information content (AvgIpc) is 2.93. The van der Waals surface area contributed by atoms with E-state index >= 15 is 0 Å². The van der Waals surface area contributed by atoms with Crippen molar-refractivity contribution in [2.75, 3.05) is 19.8 Å². The summed E-state index contributed by atoms with van der Waals surface area (Å²) in [5.41, 5.74) is 3.48. The number of allylic oxidation sites excluding steroid dienone is 1. The van der Waals surface area contributed by atoms with Crippen LogP contribution in [0.15, 0.2) is 61.2 Å². The Bertz CT molecular complexity index is 834. The second-order valence-corrected chi connectivity index (χ2v) is 10.5. The summed E-state index contributed by atoms with van der Waals surface area (Å²) in [5, 5.41) is 0. The lowest BCUT2D eigenvalue weighted by Crippen LogP contribution is -2.27. The van der Waals surface area contributed by atoms with Crippen LogP contribution in [-0.2, 0) is 9.47 Å². The molecule has 2 aromatic carbocycles. The Morgan fingerprint density at radius 1 is 0.861 bits per heavy atom. The second kappa shape index (κ2) is 16.6. The van der Waals surface area contributed by atoms with Crippen LogP contribution in [0.4, 0.5) is 0 Å². The Hall–Kier alpha value is -2.10. The van der Waals surface area contributed by atoms with Crippen molar-refractivity contribution in [1.29, 1.82) is 0 Å². The van der Waals surface area contributed by atoms with Crippen molar-refractivity contribution in [3.63, 3.8) is 0 Å². The number of unbranched alkanes of at least 4 members (excludes halogenated alkanes) is 6. The van der Waals surface area contributed by atoms with Crippen LogP contribution in [-0.4, -0.2) is 19.8 Å². The molecule has 0 spiro atoms. The molecule has 0 bridgehead atoms. The molecular weight excluding hydrogens is 444 g/mol. The van der Waals surface area contributed by atoms with Gasteiger partial charge in [0.25, 0.3) is 0 Å². The van der Waals surface area contributed by atoms with Crippen LogP contribution in [0.25, 0.3) is 11.1 Å². The Balaban J connectivity index is 1.35. The quantitative estimate of drug-likeness (QED) is 0.162. The third kappa shape index (κ3) is 10.1. The molecule has 1 aliphatic heterocycles. The van der Waals surface area contributed by atoms with E-state index in [0.29, 0.717) is 5.92 Å². The van der Waals surface area contributed by atoms with Gasteiger partial charge < -0.3 is 14.2 Å². The van der Waals surface area contributed by atoms with E-state index < -0.39 is 0 Å². The Kier molecular flexibility index (Phi) is 13.1. The molecule has 3 heteroatoms. The zero-order valence-corrected chi connectivity index (χ0v) is 22.8. The molecule has 1 aliphatic rings. The van der Waals surface area contributed by atoms with Gasteiger partial charge in [-0.15, -0.1) is 6.58 Å². The van der Waals surface area contributed by atoms with Gasteiger partial charge in [-0.25, -0.2) is 0 Å². The fraction of sp³-hybridized carbons (Fsp3) is 0.576.